The van der Waals surface area contributed by atoms with Crippen molar-refractivity contribution in [3.05, 3.63) is 68.0 Å². The summed E-state index contributed by atoms with van der Waals surface area (Å²) in [6.45, 7) is 6.36. The Hall–Kier alpha value is -3.56. The average molecular weight is 426 g/mol. The van der Waals surface area contributed by atoms with E-state index in [1.807, 2.05) is 29.5 Å². The Morgan fingerprint density at radius 1 is 1.03 bits per heavy atom. The van der Waals surface area contributed by atoms with Crippen LogP contribution in [0.3, 0.4) is 0 Å². The summed E-state index contributed by atoms with van der Waals surface area (Å²) < 4.78 is 10.2. The van der Waals surface area contributed by atoms with Gasteiger partial charge in [0.15, 0.2) is 5.76 Å². The lowest BCUT2D eigenvalue weighted by Gasteiger charge is -2.36. The summed E-state index contributed by atoms with van der Waals surface area (Å²) in [4.78, 5) is 40.7. The highest BCUT2D eigenvalue weighted by molar-refractivity contribution is 5.91. The second-order valence-electron chi connectivity index (χ2n) is 7.87. The van der Waals surface area contributed by atoms with Crippen LogP contribution in [0.4, 0.5) is 5.82 Å². The summed E-state index contributed by atoms with van der Waals surface area (Å²) in [5, 5.41) is 4.42. The zero-order valence-electron chi connectivity index (χ0n) is 18.2. The summed E-state index contributed by atoms with van der Waals surface area (Å²) >= 11 is 0. The maximum absolute atomic E-state index is 12.9. The van der Waals surface area contributed by atoms with Crippen LogP contribution in [0.1, 0.15) is 27.7 Å². The van der Waals surface area contributed by atoms with Crippen LogP contribution in [0.5, 0.6) is 0 Å². The number of carbonyl (C=O) groups excluding carboxylic acids is 1. The average Bonchev–Trinajstić information content (AvgIpc) is 3.34. The largest absolute Gasteiger partial charge is 0.454 e. The van der Waals surface area contributed by atoms with Crippen molar-refractivity contribution in [1.82, 2.24) is 23.8 Å². The van der Waals surface area contributed by atoms with E-state index in [9.17, 15) is 14.4 Å². The summed E-state index contributed by atoms with van der Waals surface area (Å²) in [6.07, 6.45) is 0. The van der Waals surface area contributed by atoms with Crippen LogP contribution in [0.2, 0.25) is 0 Å². The Morgan fingerprint density at radius 3 is 2.39 bits per heavy atom. The predicted molar refractivity (Wildman–Crippen MR) is 115 cm³/mol. The van der Waals surface area contributed by atoms with Gasteiger partial charge in [0.05, 0.1) is 12.2 Å². The monoisotopic (exact) mass is 426 g/mol. The van der Waals surface area contributed by atoms with Gasteiger partial charge in [-0.05, 0) is 32.0 Å². The Morgan fingerprint density at radius 2 is 1.74 bits per heavy atom. The summed E-state index contributed by atoms with van der Waals surface area (Å²) in [5.41, 5.74) is 1.25. The normalized spacial score (nSPS) is 14.3. The standard InChI is InChI=1S/C21H26N6O4/c1-14-11-15(2)27(22-14)13-16-5-6-17(31-16)20(29)26-9-7-25(8-10-26)18-12-19(28)24(4)21(30)23(18)3/h5-6,11-12H,7-10,13H2,1-4H3. The third-order valence-corrected chi connectivity index (χ3v) is 5.67. The first-order chi connectivity index (χ1) is 14.7. The first-order valence-electron chi connectivity index (χ1n) is 10.2. The first-order valence-corrected chi connectivity index (χ1v) is 10.2. The maximum atomic E-state index is 12.9. The fraction of sp³-hybridized carbons (Fsp3) is 0.429. The molecule has 4 rings (SSSR count). The second kappa shape index (κ2) is 7.93. The molecule has 1 aliphatic rings. The number of nitrogens with zero attached hydrogens (tertiary/aromatic N) is 6. The molecule has 0 radical (unpaired) electrons. The van der Waals surface area contributed by atoms with Gasteiger partial charge in [-0.1, -0.05) is 0 Å². The van der Waals surface area contributed by atoms with Gasteiger partial charge < -0.3 is 14.2 Å². The van der Waals surface area contributed by atoms with E-state index in [1.165, 1.54) is 17.7 Å². The van der Waals surface area contributed by atoms with Gasteiger partial charge in [-0.2, -0.15) is 5.10 Å². The van der Waals surface area contributed by atoms with E-state index in [0.29, 0.717) is 50.1 Å². The predicted octanol–water partition coefficient (Wildman–Crippen LogP) is 0.501. The molecule has 1 aliphatic heterocycles. The number of anilines is 1. The molecule has 0 atom stereocenters. The highest BCUT2D eigenvalue weighted by Gasteiger charge is 2.26. The number of aryl methyl sites for hydroxylation is 2. The number of hydrogen-bond acceptors (Lipinski definition) is 6. The highest BCUT2D eigenvalue weighted by atomic mass is 16.4. The fourth-order valence-corrected chi connectivity index (χ4v) is 3.88. The van der Waals surface area contributed by atoms with Crippen molar-refractivity contribution in [2.45, 2.75) is 20.4 Å². The van der Waals surface area contributed by atoms with Crippen LogP contribution < -0.4 is 16.1 Å². The number of hydrogen-bond donors (Lipinski definition) is 0. The molecule has 164 valence electrons. The van der Waals surface area contributed by atoms with Crippen LogP contribution in [-0.4, -0.2) is 55.9 Å². The molecule has 4 heterocycles. The number of rotatable bonds is 4. The molecule has 0 aromatic carbocycles. The molecule has 3 aromatic rings. The van der Waals surface area contributed by atoms with Gasteiger partial charge in [0.25, 0.3) is 11.5 Å². The van der Waals surface area contributed by atoms with E-state index in [4.69, 9.17) is 4.42 Å². The lowest BCUT2D eigenvalue weighted by Crippen LogP contribution is -2.51. The fourth-order valence-electron chi connectivity index (χ4n) is 3.88. The summed E-state index contributed by atoms with van der Waals surface area (Å²) in [6, 6.07) is 6.94. The number of aromatic nitrogens is 4. The van der Waals surface area contributed by atoms with Crippen LogP contribution in [0, 0.1) is 13.8 Å². The third kappa shape index (κ3) is 3.92. The molecule has 1 amide bonds. The van der Waals surface area contributed by atoms with E-state index < -0.39 is 0 Å². The van der Waals surface area contributed by atoms with Crippen molar-refractivity contribution >= 4 is 11.7 Å². The molecule has 0 bridgehead atoms. The molecule has 0 saturated carbocycles. The number of carbonyl (C=O) groups is 1. The lowest BCUT2D eigenvalue weighted by molar-refractivity contribution is 0.0712. The lowest BCUT2D eigenvalue weighted by atomic mass is 10.2. The molecule has 31 heavy (non-hydrogen) atoms. The maximum Gasteiger partial charge on any atom is 0.332 e. The van der Waals surface area contributed by atoms with Gasteiger partial charge >= 0.3 is 5.69 Å². The summed E-state index contributed by atoms with van der Waals surface area (Å²) in [7, 11) is 3.10. The van der Waals surface area contributed by atoms with Crippen molar-refractivity contribution in [2.75, 3.05) is 31.1 Å². The van der Waals surface area contributed by atoms with Gasteiger partial charge in [-0.3, -0.25) is 23.4 Å². The van der Waals surface area contributed by atoms with Gasteiger partial charge in [0.1, 0.15) is 11.6 Å². The molecule has 0 unspecified atom stereocenters. The van der Waals surface area contributed by atoms with Crippen molar-refractivity contribution in [3.8, 4) is 0 Å². The van der Waals surface area contributed by atoms with Gasteiger partial charge in [-0.15, -0.1) is 0 Å². The van der Waals surface area contributed by atoms with Gasteiger partial charge in [0, 0.05) is 52.0 Å². The quantitative estimate of drug-likeness (QED) is 0.603. The van der Waals surface area contributed by atoms with Gasteiger partial charge in [0.2, 0.25) is 0 Å². The molecule has 1 fully saturated rings. The molecular weight excluding hydrogens is 400 g/mol. The van der Waals surface area contributed by atoms with Crippen molar-refractivity contribution in [2.24, 2.45) is 14.1 Å². The van der Waals surface area contributed by atoms with Crippen molar-refractivity contribution in [3.63, 3.8) is 0 Å². The zero-order valence-corrected chi connectivity index (χ0v) is 18.2. The topological polar surface area (TPSA) is 98.5 Å². The van der Waals surface area contributed by atoms with E-state index in [1.54, 1.807) is 24.1 Å². The van der Waals surface area contributed by atoms with Crippen LogP contribution in [0.25, 0.3) is 0 Å². The van der Waals surface area contributed by atoms with E-state index in [-0.39, 0.29) is 17.2 Å². The minimum absolute atomic E-state index is 0.169. The molecular formula is C21H26N6O4. The number of amides is 1. The minimum atomic E-state index is -0.369. The van der Waals surface area contributed by atoms with Gasteiger partial charge in [-0.25, -0.2) is 4.79 Å². The number of piperazine rings is 1. The van der Waals surface area contributed by atoms with E-state index in [0.717, 1.165) is 16.0 Å². The van der Waals surface area contributed by atoms with Crippen LogP contribution in [0.15, 0.2) is 38.3 Å². The minimum Gasteiger partial charge on any atom is -0.454 e. The van der Waals surface area contributed by atoms with E-state index in [2.05, 4.69) is 5.10 Å². The molecule has 3 aromatic heterocycles. The van der Waals surface area contributed by atoms with Crippen molar-refractivity contribution < 1.29 is 9.21 Å². The smallest absolute Gasteiger partial charge is 0.332 e. The second-order valence-corrected chi connectivity index (χ2v) is 7.87. The molecule has 10 heteroatoms. The Labute approximate surface area is 178 Å². The Balaban J connectivity index is 1.42. The Bertz CT molecular complexity index is 1240. The molecule has 0 spiro atoms. The van der Waals surface area contributed by atoms with Crippen LogP contribution in [-0.2, 0) is 20.6 Å². The van der Waals surface area contributed by atoms with E-state index >= 15 is 0 Å². The zero-order chi connectivity index (χ0) is 22.3. The first kappa shape index (κ1) is 20.7. The highest BCUT2D eigenvalue weighted by Crippen LogP contribution is 2.17. The SMILES string of the molecule is Cc1cc(C)n(Cc2ccc(C(=O)N3CCN(c4cc(=O)n(C)c(=O)n4C)CC3)o2)n1. The summed E-state index contributed by atoms with van der Waals surface area (Å²) in [5.74, 6) is 1.36. The molecule has 10 nitrogen and oxygen atoms in total. The Kier molecular flexibility index (Phi) is 5.30. The molecule has 0 aliphatic carbocycles. The third-order valence-electron chi connectivity index (χ3n) is 5.67. The molecule has 1 saturated heterocycles. The molecule has 0 N–H and O–H groups in total. The number of furan rings is 1. The van der Waals surface area contributed by atoms with Crippen molar-refractivity contribution in [1.29, 1.82) is 0 Å². The van der Waals surface area contributed by atoms with Crippen LogP contribution >= 0.6 is 0 Å².